The van der Waals surface area contributed by atoms with Crippen LogP contribution in [0.2, 0.25) is 0 Å². The van der Waals surface area contributed by atoms with Crippen LogP contribution in [-0.4, -0.2) is 33.3 Å². The summed E-state index contributed by atoms with van der Waals surface area (Å²) in [6.45, 7) is 10.7. The molecule has 0 bridgehead atoms. The fraction of sp³-hybridized carbons (Fsp3) is 0.290. The highest BCUT2D eigenvalue weighted by Gasteiger charge is 2.33. The van der Waals surface area contributed by atoms with E-state index in [4.69, 9.17) is 0 Å². The van der Waals surface area contributed by atoms with E-state index in [-0.39, 0.29) is 34.7 Å². The normalized spacial score (nSPS) is 15.3. The number of benzene rings is 3. The quantitative estimate of drug-likeness (QED) is 0.394. The zero-order valence-electron chi connectivity index (χ0n) is 22.6. The van der Waals surface area contributed by atoms with Crippen LogP contribution in [0, 0.1) is 0 Å². The maximum Gasteiger partial charge on any atom is 0.264 e. The van der Waals surface area contributed by atoms with Gasteiger partial charge in [0, 0.05) is 18.7 Å². The van der Waals surface area contributed by atoms with Gasteiger partial charge in [0.05, 0.1) is 16.6 Å². The van der Waals surface area contributed by atoms with Gasteiger partial charge in [-0.1, -0.05) is 69.8 Å². The maximum atomic E-state index is 13.6. The maximum absolute atomic E-state index is 13.6. The summed E-state index contributed by atoms with van der Waals surface area (Å²) in [5.74, 6) is -0.562. The molecule has 3 aromatic carbocycles. The molecule has 0 aromatic heterocycles. The van der Waals surface area contributed by atoms with Crippen LogP contribution in [0.4, 0.5) is 5.69 Å². The van der Waals surface area contributed by atoms with Crippen molar-refractivity contribution in [2.24, 2.45) is 0 Å². The second kappa shape index (κ2) is 11.5. The van der Waals surface area contributed by atoms with Gasteiger partial charge in [0.1, 0.15) is 0 Å². The van der Waals surface area contributed by atoms with Crippen molar-refractivity contribution >= 4 is 27.5 Å². The van der Waals surface area contributed by atoms with Gasteiger partial charge in [0.2, 0.25) is 5.91 Å². The molecular formula is C31H35N3O4S. The SMILES string of the molecule is C=CC(=O)NC1CCN(S(=O)(=O)c2ccc(C(=O)NCCc3ccc(C(C)(C)C)cc3)cc2)c2ccccc21. The van der Waals surface area contributed by atoms with E-state index in [2.05, 4.69) is 62.2 Å². The van der Waals surface area contributed by atoms with Crippen LogP contribution in [0.5, 0.6) is 0 Å². The molecule has 0 aliphatic carbocycles. The monoisotopic (exact) mass is 545 g/mol. The average Bonchev–Trinajstić information content (AvgIpc) is 2.92. The molecule has 39 heavy (non-hydrogen) atoms. The molecule has 3 aromatic rings. The zero-order chi connectivity index (χ0) is 28.2. The highest BCUT2D eigenvalue weighted by atomic mass is 32.2. The van der Waals surface area contributed by atoms with Crippen LogP contribution in [0.25, 0.3) is 0 Å². The topological polar surface area (TPSA) is 95.6 Å². The number of para-hydroxylation sites is 1. The first-order valence-electron chi connectivity index (χ1n) is 13.0. The van der Waals surface area contributed by atoms with E-state index in [0.717, 1.165) is 11.1 Å². The van der Waals surface area contributed by atoms with Gasteiger partial charge in [0.25, 0.3) is 15.9 Å². The molecule has 8 heteroatoms. The minimum Gasteiger partial charge on any atom is -0.352 e. The van der Waals surface area contributed by atoms with Crippen LogP contribution in [0.3, 0.4) is 0 Å². The lowest BCUT2D eigenvalue weighted by Gasteiger charge is -2.35. The van der Waals surface area contributed by atoms with E-state index in [1.54, 1.807) is 12.1 Å². The van der Waals surface area contributed by atoms with Crippen LogP contribution < -0.4 is 14.9 Å². The molecule has 1 heterocycles. The average molecular weight is 546 g/mol. The molecular weight excluding hydrogens is 510 g/mol. The number of anilines is 1. The van der Waals surface area contributed by atoms with Crippen molar-refractivity contribution in [1.29, 1.82) is 0 Å². The second-order valence-electron chi connectivity index (χ2n) is 10.7. The Balaban J connectivity index is 1.41. The number of hydrogen-bond acceptors (Lipinski definition) is 4. The predicted octanol–water partition coefficient (Wildman–Crippen LogP) is 4.90. The van der Waals surface area contributed by atoms with E-state index in [9.17, 15) is 18.0 Å². The summed E-state index contributed by atoms with van der Waals surface area (Å²) < 4.78 is 28.5. The highest BCUT2D eigenvalue weighted by molar-refractivity contribution is 7.92. The summed E-state index contributed by atoms with van der Waals surface area (Å²) in [5.41, 5.74) is 4.13. The first-order valence-corrected chi connectivity index (χ1v) is 14.5. The van der Waals surface area contributed by atoms with Crippen LogP contribution >= 0.6 is 0 Å². The molecule has 0 saturated heterocycles. The number of carbonyl (C=O) groups is 2. The molecule has 0 saturated carbocycles. The van der Waals surface area contributed by atoms with Crippen molar-refractivity contribution < 1.29 is 18.0 Å². The van der Waals surface area contributed by atoms with Gasteiger partial charge >= 0.3 is 0 Å². The molecule has 0 fully saturated rings. The van der Waals surface area contributed by atoms with E-state index >= 15 is 0 Å². The Hall–Kier alpha value is -3.91. The van der Waals surface area contributed by atoms with Gasteiger partial charge in [-0.2, -0.15) is 0 Å². The Kier molecular flexibility index (Phi) is 8.25. The van der Waals surface area contributed by atoms with Crippen LogP contribution in [-0.2, 0) is 26.7 Å². The van der Waals surface area contributed by atoms with Crippen LogP contribution in [0.1, 0.15) is 60.3 Å². The van der Waals surface area contributed by atoms with E-state index in [1.165, 1.54) is 40.2 Å². The van der Waals surface area contributed by atoms with Crippen LogP contribution in [0.15, 0.2) is 90.3 Å². The number of amides is 2. The Morgan fingerprint density at radius 1 is 1.00 bits per heavy atom. The number of nitrogens with one attached hydrogen (secondary N) is 2. The molecule has 0 radical (unpaired) electrons. The van der Waals surface area contributed by atoms with Gasteiger partial charge < -0.3 is 10.6 Å². The summed E-state index contributed by atoms with van der Waals surface area (Å²) in [5, 5.41) is 5.78. The van der Waals surface area contributed by atoms with Gasteiger partial charge in [-0.3, -0.25) is 13.9 Å². The van der Waals surface area contributed by atoms with Crippen molar-refractivity contribution in [2.45, 2.75) is 50.0 Å². The van der Waals surface area contributed by atoms with Crippen molar-refractivity contribution in [3.05, 3.63) is 108 Å². The third-order valence-electron chi connectivity index (χ3n) is 6.93. The molecule has 204 valence electrons. The van der Waals surface area contributed by atoms with E-state index in [0.29, 0.717) is 30.6 Å². The van der Waals surface area contributed by atoms with Gasteiger partial charge in [-0.05, 0) is 71.4 Å². The predicted molar refractivity (Wildman–Crippen MR) is 154 cm³/mol. The van der Waals surface area contributed by atoms with Gasteiger partial charge in [0.15, 0.2) is 0 Å². The molecule has 1 aliphatic heterocycles. The number of fused-ring (bicyclic) bond motifs is 1. The fourth-order valence-electron chi connectivity index (χ4n) is 4.66. The van der Waals surface area contributed by atoms with Crippen molar-refractivity contribution in [2.75, 3.05) is 17.4 Å². The molecule has 7 nitrogen and oxygen atoms in total. The fourth-order valence-corrected chi connectivity index (χ4v) is 6.17. The molecule has 1 unspecified atom stereocenters. The van der Waals surface area contributed by atoms with Crippen molar-refractivity contribution in [3.63, 3.8) is 0 Å². The Labute approximate surface area is 231 Å². The highest BCUT2D eigenvalue weighted by Crippen LogP contribution is 2.37. The number of hydrogen-bond donors (Lipinski definition) is 2. The van der Waals surface area contributed by atoms with E-state index in [1.807, 2.05) is 12.1 Å². The Morgan fingerprint density at radius 3 is 2.31 bits per heavy atom. The third kappa shape index (κ3) is 6.40. The Bertz CT molecular complexity index is 1460. The summed E-state index contributed by atoms with van der Waals surface area (Å²) in [6, 6.07) is 21.2. The minimum absolute atomic E-state index is 0.0925. The second-order valence-corrected chi connectivity index (χ2v) is 12.5. The number of nitrogens with zero attached hydrogens (tertiary/aromatic N) is 1. The van der Waals surface area contributed by atoms with E-state index < -0.39 is 10.0 Å². The number of sulfonamides is 1. The first-order chi connectivity index (χ1) is 18.5. The largest absolute Gasteiger partial charge is 0.352 e. The molecule has 4 rings (SSSR count). The first kappa shape index (κ1) is 28.1. The lowest BCUT2D eigenvalue weighted by molar-refractivity contribution is -0.117. The van der Waals surface area contributed by atoms with Crippen molar-refractivity contribution in [1.82, 2.24) is 10.6 Å². The third-order valence-corrected chi connectivity index (χ3v) is 8.75. The summed E-state index contributed by atoms with van der Waals surface area (Å²) in [4.78, 5) is 24.6. The number of rotatable bonds is 8. The zero-order valence-corrected chi connectivity index (χ0v) is 23.4. The minimum atomic E-state index is -3.87. The molecule has 1 aliphatic rings. The molecule has 1 atom stereocenters. The molecule has 2 N–H and O–H groups in total. The summed E-state index contributed by atoms with van der Waals surface area (Å²) >= 11 is 0. The molecule has 0 spiro atoms. The summed E-state index contributed by atoms with van der Waals surface area (Å²) in [6.07, 6.45) is 2.33. The smallest absolute Gasteiger partial charge is 0.264 e. The lowest BCUT2D eigenvalue weighted by Crippen LogP contribution is -2.40. The lowest BCUT2D eigenvalue weighted by atomic mass is 9.86. The number of carbonyl (C=O) groups excluding carboxylic acids is 2. The summed E-state index contributed by atoms with van der Waals surface area (Å²) in [7, 11) is -3.87. The van der Waals surface area contributed by atoms with Gasteiger partial charge in [-0.25, -0.2) is 8.42 Å². The molecule has 2 amide bonds. The Morgan fingerprint density at radius 2 is 1.67 bits per heavy atom. The standard InChI is InChI=1S/C31H35N3O4S/c1-5-29(35)33-27-19-21-34(28-9-7-6-8-26(27)28)39(37,38)25-16-12-23(13-17-25)30(36)32-20-18-22-10-14-24(15-11-22)31(2,3)4/h5-17,27H,1,18-21H2,2-4H3,(H,32,36)(H,33,35). The van der Waals surface area contributed by atoms with Gasteiger partial charge in [-0.15, -0.1) is 0 Å². The van der Waals surface area contributed by atoms with Crippen molar-refractivity contribution in [3.8, 4) is 0 Å².